The normalized spacial score (nSPS) is 11.0. The summed E-state index contributed by atoms with van der Waals surface area (Å²) >= 11 is 0. The predicted molar refractivity (Wildman–Crippen MR) is 316 cm³/mol. The predicted octanol–water partition coefficient (Wildman–Crippen LogP) is -0.393. The first-order valence-electron chi connectivity index (χ1n) is 26.0. The minimum atomic E-state index is -3.72. The van der Waals surface area contributed by atoms with E-state index in [2.05, 4.69) is 101 Å². The molecular weight excluding hydrogens is 1200 g/mol. The number of fused-ring (bicyclic) bond motifs is 2. The van der Waals surface area contributed by atoms with Crippen molar-refractivity contribution in [3.63, 3.8) is 0 Å². The molecule has 4 heterocycles. The molecule has 0 spiro atoms. The van der Waals surface area contributed by atoms with E-state index < -0.39 is 16.1 Å². The summed E-state index contributed by atoms with van der Waals surface area (Å²) in [6.07, 6.45) is 15.8. The number of aryl methyl sites for hydroxylation is 6. The second kappa shape index (κ2) is 35.5. The molecule has 0 unspecified atom stereocenters. The molecule has 26 nitrogen and oxygen atoms in total. The number of H-pyrrole nitrogens is 1. The number of carbonyl (C=O) groups is 1. The Balaban J connectivity index is 0.000000313. The van der Waals surface area contributed by atoms with Gasteiger partial charge in [0, 0.05) is 104 Å². The van der Waals surface area contributed by atoms with Crippen LogP contribution in [-0.4, -0.2) is 70.5 Å². The van der Waals surface area contributed by atoms with Crippen LogP contribution < -0.4 is 122 Å². The number of hydrogen-bond acceptors (Lipinski definition) is 19. The smallest absolute Gasteiger partial charge is 1.00 e. The third-order valence-corrected chi connectivity index (χ3v) is 12.4. The Morgan fingerprint density at radius 1 is 0.552 bits per heavy atom. The van der Waals surface area contributed by atoms with Crippen LogP contribution >= 0.6 is 0 Å². The Kier molecular flexibility index (Phi) is 29.1. The molecule has 0 aliphatic rings. The molecule has 450 valence electrons. The summed E-state index contributed by atoms with van der Waals surface area (Å²) in [5.74, 6) is 1.74. The number of halogens is 2. The summed E-state index contributed by atoms with van der Waals surface area (Å²) in [7, 11) is 7.98. The Bertz CT molecular complexity index is 3960. The topological polar surface area (TPSA) is 309 Å². The number of carboxylic acids is 1. The van der Waals surface area contributed by atoms with E-state index in [9.17, 15) is 8.42 Å². The van der Waals surface area contributed by atoms with Gasteiger partial charge in [-0.25, -0.2) is 40.8 Å². The molecule has 10 aromatic rings. The van der Waals surface area contributed by atoms with E-state index in [1.807, 2.05) is 204 Å². The van der Waals surface area contributed by atoms with Gasteiger partial charge in [0.25, 0.3) is 10.1 Å². The summed E-state index contributed by atoms with van der Waals surface area (Å²) in [5, 5.41) is 70.9. The van der Waals surface area contributed by atoms with Crippen LogP contribution in [0.5, 0.6) is 0 Å². The van der Waals surface area contributed by atoms with Crippen molar-refractivity contribution in [2.24, 2.45) is 83.2 Å². The van der Waals surface area contributed by atoms with Gasteiger partial charge >= 0.3 is 69.2 Å². The van der Waals surface area contributed by atoms with Crippen molar-refractivity contribution in [3.8, 4) is 0 Å². The number of rotatable bonds is 19. The molecule has 0 bridgehead atoms. The molecule has 0 fully saturated rings. The molecule has 0 saturated heterocycles. The van der Waals surface area contributed by atoms with Gasteiger partial charge in [-0.1, -0.05) is 63.9 Å². The van der Waals surface area contributed by atoms with Crippen LogP contribution in [0.3, 0.4) is 0 Å². The second-order valence-electron chi connectivity index (χ2n) is 18.6. The third kappa shape index (κ3) is 21.9. The Morgan fingerprint density at radius 2 is 0.897 bits per heavy atom. The van der Waals surface area contributed by atoms with E-state index >= 15 is 0 Å². The SMILES string of the molecule is CC(=O)[O-].CS(=O)(=O)O[O-].Cn1cc[n+](C)c1N=Nc1ccc(NCCNc2ccc(N=Nc3n(C)cc[n+]3C)c3ccccc23)cc1.Cn1cc[n+](C)c1N=Nc1ccc(NCCNc2ccc(N=Nc3ncc[nH]3)c3ccccc23)cc1.[Cl-].[Cl-].[K+]. The minimum Gasteiger partial charge on any atom is -1.00 e. The summed E-state index contributed by atoms with van der Waals surface area (Å²) in [6.45, 7) is 4.01. The molecule has 6 aromatic carbocycles. The van der Waals surface area contributed by atoms with Gasteiger partial charge in [-0.2, -0.15) is 0 Å². The number of carbonyl (C=O) groups excluding carboxylic acids is 1. The first-order valence-corrected chi connectivity index (χ1v) is 27.8. The van der Waals surface area contributed by atoms with Crippen LogP contribution in [-0.2, 0) is 61.5 Å². The fraction of sp³-hybridized carbons (Fsp3) is 0.211. The molecule has 0 aliphatic heterocycles. The number of aliphatic carboxylic acids is 1. The Hall–Kier alpha value is -8.16. The van der Waals surface area contributed by atoms with Crippen molar-refractivity contribution in [2.75, 3.05) is 53.7 Å². The number of azo groups is 4. The van der Waals surface area contributed by atoms with Crippen molar-refractivity contribution < 1.29 is 118 Å². The molecule has 5 N–H and O–H groups in total. The number of benzene rings is 6. The number of carboxylic acid groups (broad SMARTS) is 1. The summed E-state index contributed by atoms with van der Waals surface area (Å²) in [4.78, 5) is 15.9. The molecule has 4 aromatic heterocycles. The quantitative estimate of drug-likeness (QED) is 0.0173. The third-order valence-electron chi connectivity index (χ3n) is 12.1. The number of nitrogens with zero attached hydrogens (tertiary/aromatic N) is 15. The van der Waals surface area contributed by atoms with Crippen LogP contribution in [0.2, 0.25) is 0 Å². The van der Waals surface area contributed by atoms with Crippen molar-refractivity contribution >= 4 is 107 Å². The monoisotopic (exact) mass is 1270 g/mol. The average molecular weight is 1270 g/mol. The number of nitrogens with one attached hydrogen (secondary N) is 5. The Labute approximate surface area is 558 Å². The summed E-state index contributed by atoms with van der Waals surface area (Å²) in [5.41, 5.74) is 7.41. The number of anilines is 4. The molecule has 0 atom stereocenters. The van der Waals surface area contributed by atoms with Crippen molar-refractivity contribution in [1.29, 1.82) is 0 Å². The summed E-state index contributed by atoms with van der Waals surface area (Å²) < 4.78 is 33.2. The van der Waals surface area contributed by atoms with E-state index in [-0.39, 0.29) is 76.2 Å². The van der Waals surface area contributed by atoms with Gasteiger partial charge in [0.2, 0.25) is 5.95 Å². The molecule has 0 amide bonds. The molecule has 0 aliphatic carbocycles. The molecule has 30 heteroatoms. The zero-order valence-corrected chi connectivity index (χ0v) is 54.8. The van der Waals surface area contributed by atoms with E-state index in [0.29, 0.717) is 12.2 Å². The van der Waals surface area contributed by atoms with Gasteiger partial charge in [0.1, 0.15) is 17.1 Å². The van der Waals surface area contributed by atoms with E-state index in [1.165, 1.54) is 0 Å². The maximum absolute atomic E-state index is 9.47. The van der Waals surface area contributed by atoms with Gasteiger partial charge in [0.05, 0.1) is 91.4 Å². The van der Waals surface area contributed by atoms with Gasteiger partial charge in [0.15, 0.2) is 0 Å². The van der Waals surface area contributed by atoms with E-state index in [4.69, 9.17) is 15.2 Å². The average Bonchev–Trinajstić information content (AvgIpc) is 2.07. The van der Waals surface area contributed by atoms with Crippen LogP contribution in [0.15, 0.2) is 212 Å². The van der Waals surface area contributed by atoms with E-state index in [1.54, 1.807) is 12.4 Å². The number of aromatic amines is 1. The zero-order valence-electron chi connectivity index (χ0n) is 49.3. The molecule has 10 rings (SSSR count). The van der Waals surface area contributed by atoms with Crippen LogP contribution in [0.25, 0.3) is 21.5 Å². The molecule has 87 heavy (non-hydrogen) atoms. The molecule has 0 radical (unpaired) electrons. The van der Waals surface area contributed by atoms with Gasteiger partial charge in [-0.15, -0.1) is 10.2 Å². The zero-order chi connectivity index (χ0) is 60.0. The maximum atomic E-state index is 9.47. The molecular formula is C57H65Cl2KN20O6S. The van der Waals surface area contributed by atoms with Gasteiger partial charge in [-0.05, 0) is 79.7 Å². The van der Waals surface area contributed by atoms with Crippen molar-refractivity contribution in [1.82, 2.24) is 23.7 Å². The summed E-state index contributed by atoms with van der Waals surface area (Å²) in [6, 6.07) is 40.3. The van der Waals surface area contributed by atoms with Crippen molar-refractivity contribution in [2.45, 2.75) is 6.92 Å². The van der Waals surface area contributed by atoms with Crippen LogP contribution in [0.4, 0.5) is 69.3 Å². The fourth-order valence-corrected chi connectivity index (χ4v) is 8.03. The minimum absolute atomic E-state index is 0. The first kappa shape index (κ1) is 71.3. The van der Waals surface area contributed by atoms with Gasteiger partial charge < -0.3 is 70.6 Å². The first-order chi connectivity index (χ1) is 40.5. The standard InChI is InChI=1S/C28H30N10.C26H26N10.C2H4O2.CH4O4S.2ClH.K/c1-35-17-18-36(2)27(35)33-31-22-11-9-21(10-12-22)29-15-16-30-25-13-14-26(24-8-6-5-7-23(24)25)32-34-28-37(3)19-20-38(28)4;1-35-17-18-36(2)26(35)34-31-20-9-7-19(8-10-20)27-13-14-28-23-11-12-24(22-6-4-3-5-21(22)23)32-33-25-29-15-16-30-25;1-2(3)4;1-6(3,4)5-2;;;/h5-14,17-20H,15-16H2,1-4H3;3-12,15-18H,13-14H2,1-2H3,(H2,27,28,29,30,31,32,33);1H3,(H,3,4);2H,1H3;2*1H;/q;;;;;;+1/p-1. The van der Waals surface area contributed by atoms with Crippen LogP contribution in [0, 0.1) is 0 Å². The molecule has 0 saturated carbocycles. The largest absolute Gasteiger partial charge is 1.00 e. The van der Waals surface area contributed by atoms with Crippen molar-refractivity contribution in [3.05, 3.63) is 171 Å². The number of imidazole rings is 4. The number of hydrogen-bond donors (Lipinski definition) is 5. The van der Waals surface area contributed by atoms with Gasteiger partial charge in [-0.3, -0.25) is 0 Å². The number of aromatic nitrogens is 8. The second-order valence-corrected chi connectivity index (χ2v) is 20.1. The Morgan fingerprint density at radius 3 is 1.23 bits per heavy atom. The van der Waals surface area contributed by atoms with E-state index in [0.717, 1.165) is 118 Å². The van der Waals surface area contributed by atoms with Crippen LogP contribution in [0.1, 0.15) is 6.92 Å². The fourth-order valence-electron chi connectivity index (χ4n) is 8.03. The maximum Gasteiger partial charge on any atom is 1.00 e.